The van der Waals surface area contributed by atoms with E-state index in [1.807, 2.05) is 13.8 Å². The summed E-state index contributed by atoms with van der Waals surface area (Å²) in [7, 11) is 0. The molecule has 2 unspecified atom stereocenters. The normalized spacial score (nSPS) is 14.1. The summed E-state index contributed by atoms with van der Waals surface area (Å²) in [4.78, 5) is 22.6. The van der Waals surface area contributed by atoms with Crippen molar-refractivity contribution in [2.24, 2.45) is 5.92 Å². The van der Waals surface area contributed by atoms with E-state index in [1.54, 1.807) is 24.3 Å². The van der Waals surface area contributed by atoms with Crippen LogP contribution in [0.4, 0.5) is 0 Å². The van der Waals surface area contributed by atoms with Crippen LogP contribution in [0.2, 0.25) is 0 Å². The molecule has 0 aromatic heterocycles. The van der Waals surface area contributed by atoms with Crippen LogP contribution < -0.4 is 0 Å². The molecular weight excluding hydrogens is 276 g/mol. The standard InChI is InChI=1S/C15H20O4S/c1-9(2)14(18)11-4-6-12(7-5-11)15(19)13(17)8-20-10(3)16/h4-7,9,13,15,17,19H,8H2,1-3H3. The maximum absolute atomic E-state index is 11.8. The Labute approximate surface area is 123 Å². The molecule has 5 heteroatoms. The highest BCUT2D eigenvalue weighted by Crippen LogP contribution is 2.21. The fourth-order valence-electron chi connectivity index (χ4n) is 1.69. The summed E-state index contributed by atoms with van der Waals surface area (Å²) in [5.74, 6) is 0.102. The highest BCUT2D eigenvalue weighted by Gasteiger charge is 2.19. The molecule has 0 bridgehead atoms. The molecule has 0 radical (unpaired) electrons. The number of aliphatic hydroxyl groups excluding tert-OH is 2. The van der Waals surface area contributed by atoms with Crippen molar-refractivity contribution in [1.29, 1.82) is 0 Å². The first kappa shape index (κ1) is 16.9. The van der Waals surface area contributed by atoms with E-state index in [-0.39, 0.29) is 22.6 Å². The summed E-state index contributed by atoms with van der Waals surface area (Å²) in [6.07, 6.45) is -2.08. The molecule has 0 amide bonds. The average molecular weight is 296 g/mol. The highest BCUT2D eigenvalue weighted by molar-refractivity contribution is 8.13. The van der Waals surface area contributed by atoms with Crippen molar-refractivity contribution in [3.05, 3.63) is 35.4 Å². The molecule has 110 valence electrons. The summed E-state index contributed by atoms with van der Waals surface area (Å²) in [5.41, 5.74) is 1.12. The molecule has 2 N–H and O–H groups in total. The van der Waals surface area contributed by atoms with E-state index in [0.717, 1.165) is 11.8 Å². The molecular formula is C15H20O4S. The molecule has 0 spiro atoms. The van der Waals surface area contributed by atoms with E-state index in [0.29, 0.717) is 11.1 Å². The maximum atomic E-state index is 11.8. The molecule has 2 atom stereocenters. The minimum Gasteiger partial charge on any atom is -0.389 e. The van der Waals surface area contributed by atoms with E-state index in [9.17, 15) is 19.8 Å². The second-order valence-electron chi connectivity index (χ2n) is 4.96. The Morgan fingerprint density at radius 2 is 1.70 bits per heavy atom. The number of hydrogen-bond acceptors (Lipinski definition) is 5. The van der Waals surface area contributed by atoms with E-state index >= 15 is 0 Å². The average Bonchev–Trinajstić information content (AvgIpc) is 2.43. The number of Topliss-reactive ketones (excluding diaryl/α,β-unsaturated/α-hetero) is 1. The molecule has 1 rings (SSSR count). The number of carbonyl (C=O) groups excluding carboxylic acids is 2. The van der Waals surface area contributed by atoms with Gasteiger partial charge >= 0.3 is 0 Å². The first-order valence-electron chi connectivity index (χ1n) is 6.46. The van der Waals surface area contributed by atoms with Crippen LogP contribution >= 0.6 is 11.8 Å². The number of thioether (sulfide) groups is 1. The highest BCUT2D eigenvalue weighted by atomic mass is 32.2. The SMILES string of the molecule is CC(=O)SCC(O)C(O)c1ccc(C(=O)C(C)C)cc1. The van der Waals surface area contributed by atoms with Gasteiger partial charge in [0.2, 0.25) is 0 Å². The van der Waals surface area contributed by atoms with Gasteiger partial charge in [-0.2, -0.15) is 0 Å². The molecule has 4 nitrogen and oxygen atoms in total. The fourth-order valence-corrected chi connectivity index (χ4v) is 2.28. The minimum absolute atomic E-state index is 0.0405. The Balaban J connectivity index is 2.72. The third kappa shape index (κ3) is 4.74. The lowest BCUT2D eigenvalue weighted by atomic mass is 9.98. The number of aliphatic hydroxyl groups is 2. The monoisotopic (exact) mass is 296 g/mol. The van der Waals surface area contributed by atoms with Gasteiger partial charge in [0.05, 0.1) is 6.10 Å². The van der Waals surface area contributed by atoms with Gasteiger partial charge in [-0.05, 0) is 5.56 Å². The van der Waals surface area contributed by atoms with E-state index < -0.39 is 12.2 Å². The Hall–Kier alpha value is -1.17. The van der Waals surface area contributed by atoms with Crippen molar-refractivity contribution >= 4 is 22.7 Å². The minimum atomic E-state index is -1.06. The molecule has 0 heterocycles. The lowest BCUT2D eigenvalue weighted by Crippen LogP contribution is -2.21. The van der Waals surface area contributed by atoms with E-state index in [2.05, 4.69) is 0 Å². The summed E-state index contributed by atoms with van der Waals surface area (Å²) in [6, 6.07) is 6.54. The molecule has 0 aliphatic rings. The van der Waals surface area contributed by atoms with Crippen LogP contribution in [-0.2, 0) is 4.79 Å². The van der Waals surface area contributed by atoms with Crippen LogP contribution in [0.3, 0.4) is 0 Å². The van der Waals surface area contributed by atoms with Gasteiger partial charge in [-0.15, -0.1) is 0 Å². The van der Waals surface area contributed by atoms with Gasteiger partial charge in [-0.1, -0.05) is 49.9 Å². The van der Waals surface area contributed by atoms with Crippen molar-refractivity contribution in [3.8, 4) is 0 Å². The number of rotatable bonds is 6. The number of benzene rings is 1. The maximum Gasteiger partial charge on any atom is 0.185 e. The molecule has 0 saturated heterocycles. The number of ketones is 1. The topological polar surface area (TPSA) is 74.6 Å². The van der Waals surface area contributed by atoms with Gasteiger partial charge in [0.1, 0.15) is 6.10 Å². The number of carbonyl (C=O) groups is 2. The van der Waals surface area contributed by atoms with Crippen molar-refractivity contribution in [2.75, 3.05) is 5.75 Å². The van der Waals surface area contributed by atoms with Gasteiger partial charge in [-0.3, -0.25) is 9.59 Å². The third-order valence-electron chi connectivity index (χ3n) is 2.88. The molecule has 1 aromatic rings. The van der Waals surface area contributed by atoms with Crippen molar-refractivity contribution in [1.82, 2.24) is 0 Å². The van der Waals surface area contributed by atoms with Gasteiger partial charge in [0.25, 0.3) is 0 Å². The summed E-state index contributed by atoms with van der Waals surface area (Å²) >= 11 is 0.971. The van der Waals surface area contributed by atoms with Gasteiger partial charge in [-0.25, -0.2) is 0 Å². The first-order chi connectivity index (χ1) is 9.32. The molecule has 0 aliphatic heterocycles. The van der Waals surface area contributed by atoms with Crippen LogP contribution in [0.25, 0.3) is 0 Å². The zero-order chi connectivity index (χ0) is 15.3. The largest absolute Gasteiger partial charge is 0.389 e. The van der Waals surface area contributed by atoms with Gasteiger partial charge < -0.3 is 10.2 Å². The molecule has 1 aromatic carbocycles. The smallest absolute Gasteiger partial charge is 0.185 e. The Morgan fingerprint density at radius 3 is 2.15 bits per heavy atom. The Bertz CT molecular complexity index is 467. The predicted octanol–water partition coefficient (Wildman–Crippen LogP) is 2.20. The third-order valence-corrected chi connectivity index (χ3v) is 3.80. The molecule has 0 fully saturated rings. The lowest BCUT2D eigenvalue weighted by molar-refractivity contribution is -0.109. The first-order valence-corrected chi connectivity index (χ1v) is 7.45. The lowest BCUT2D eigenvalue weighted by Gasteiger charge is -2.17. The quantitative estimate of drug-likeness (QED) is 0.787. The zero-order valence-corrected chi connectivity index (χ0v) is 12.7. The second kappa shape index (κ2) is 7.57. The number of hydrogen-bond donors (Lipinski definition) is 2. The van der Waals surface area contributed by atoms with Crippen LogP contribution in [0.5, 0.6) is 0 Å². The molecule has 0 aliphatic carbocycles. The zero-order valence-electron chi connectivity index (χ0n) is 11.9. The van der Waals surface area contributed by atoms with Crippen LogP contribution in [0.15, 0.2) is 24.3 Å². The van der Waals surface area contributed by atoms with Crippen molar-refractivity contribution < 1.29 is 19.8 Å². The molecule has 0 saturated carbocycles. The Morgan fingerprint density at radius 1 is 1.15 bits per heavy atom. The van der Waals surface area contributed by atoms with Crippen LogP contribution in [-0.4, -0.2) is 33.0 Å². The summed E-state index contributed by atoms with van der Waals surface area (Å²) in [5, 5.41) is 19.7. The summed E-state index contributed by atoms with van der Waals surface area (Å²) in [6.45, 7) is 5.07. The van der Waals surface area contributed by atoms with Crippen LogP contribution in [0.1, 0.15) is 42.8 Å². The summed E-state index contributed by atoms with van der Waals surface area (Å²) < 4.78 is 0. The van der Waals surface area contributed by atoms with Gasteiger partial charge in [0, 0.05) is 24.2 Å². The second-order valence-corrected chi connectivity index (χ2v) is 6.15. The van der Waals surface area contributed by atoms with Crippen molar-refractivity contribution in [3.63, 3.8) is 0 Å². The van der Waals surface area contributed by atoms with E-state index in [1.165, 1.54) is 6.92 Å². The van der Waals surface area contributed by atoms with Gasteiger partial charge in [0.15, 0.2) is 10.9 Å². The van der Waals surface area contributed by atoms with E-state index in [4.69, 9.17) is 0 Å². The van der Waals surface area contributed by atoms with Crippen LogP contribution in [0, 0.1) is 5.92 Å². The molecule has 20 heavy (non-hydrogen) atoms. The fraction of sp³-hybridized carbons (Fsp3) is 0.467. The Kier molecular flexibility index (Phi) is 6.39. The van der Waals surface area contributed by atoms with Crippen molar-refractivity contribution in [2.45, 2.75) is 33.0 Å². The predicted molar refractivity (Wildman–Crippen MR) is 79.7 cm³/mol.